The molecule has 5 nitrogen and oxygen atoms in total. The van der Waals surface area contributed by atoms with E-state index < -0.39 is 0 Å². The minimum Gasteiger partial charge on any atom is -0.493 e. The van der Waals surface area contributed by atoms with Crippen LogP contribution < -0.4 is 14.8 Å². The fourth-order valence-corrected chi connectivity index (χ4v) is 3.61. The third-order valence-electron chi connectivity index (χ3n) is 5.41. The van der Waals surface area contributed by atoms with Gasteiger partial charge in [0, 0.05) is 13.0 Å². The highest BCUT2D eigenvalue weighted by Crippen LogP contribution is 2.29. The summed E-state index contributed by atoms with van der Waals surface area (Å²) in [7, 11) is 1.68. The van der Waals surface area contributed by atoms with Crippen LogP contribution in [0.15, 0.2) is 66.7 Å². The van der Waals surface area contributed by atoms with Crippen LogP contribution in [0.2, 0.25) is 0 Å². The van der Waals surface area contributed by atoms with Gasteiger partial charge in [0.05, 0.1) is 18.1 Å². The van der Waals surface area contributed by atoms with Crippen LogP contribution in [0.4, 0.5) is 0 Å². The quantitative estimate of drug-likeness (QED) is 0.350. The van der Waals surface area contributed by atoms with Crippen molar-refractivity contribution < 1.29 is 9.47 Å². The van der Waals surface area contributed by atoms with Crippen molar-refractivity contribution in [2.75, 3.05) is 13.7 Å². The number of nitrogens with zero attached hydrogens (tertiary/aromatic N) is 1. The van der Waals surface area contributed by atoms with Gasteiger partial charge < -0.3 is 19.8 Å². The van der Waals surface area contributed by atoms with E-state index in [1.54, 1.807) is 7.11 Å². The highest BCUT2D eigenvalue weighted by Gasteiger charge is 2.07. The Labute approximate surface area is 183 Å². The van der Waals surface area contributed by atoms with E-state index in [0.29, 0.717) is 6.61 Å². The Kier molecular flexibility index (Phi) is 6.85. The SMILES string of the molecule is COc1cc(CNCCCc2nc3ccccc3[nH]2)ccc1OCc1ccccc1C. The summed E-state index contributed by atoms with van der Waals surface area (Å²) in [6.45, 7) is 4.33. The van der Waals surface area contributed by atoms with Gasteiger partial charge in [0.15, 0.2) is 11.5 Å². The molecule has 0 aliphatic rings. The number of H-pyrrole nitrogens is 1. The number of aromatic nitrogens is 2. The molecule has 4 rings (SSSR count). The summed E-state index contributed by atoms with van der Waals surface area (Å²) >= 11 is 0. The van der Waals surface area contributed by atoms with E-state index in [9.17, 15) is 0 Å². The highest BCUT2D eigenvalue weighted by molar-refractivity contribution is 5.74. The van der Waals surface area contributed by atoms with E-state index in [1.807, 2.05) is 42.5 Å². The number of fused-ring (bicyclic) bond motifs is 1. The van der Waals surface area contributed by atoms with Crippen molar-refractivity contribution in [1.29, 1.82) is 0 Å². The molecule has 0 aliphatic carbocycles. The van der Waals surface area contributed by atoms with Gasteiger partial charge in [-0.3, -0.25) is 0 Å². The van der Waals surface area contributed by atoms with E-state index in [2.05, 4.69) is 46.5 Å². The number of rotatable bonds is 10. The molecule has 2 N–H and O–H groups in total. The zero-order valence-electron chi connectivity index (χ0n) is 18.2. The number of benzene rings is 3. The first-order chi connectivity index (χ1) is 15.2. The molecule has 0 unspecified atom stereocenters. The predicted molar refractivity (Wildman–Crippen MR) is 125 cm³/mol. The molecule has 0 saturated carbocycles. The second-order valence-electron chi connectivity index (χ2n) is 7.68. The largest absolute Gasteiger partial charge is 0.493 e. The third kappa shape index (κ3) is 5.44. The van der Waals surface area contributed by atoms with Crippen LogP contribution in [0.25, 0.3) is 11.0 Å². The molecule has 0 aliphatic heterocycles. The zero-order chi connectivity index (χ0) is 21.5. The molecule has 0 atom stereocenters. The van der Waals surface area contributed by atoms with Gasteiger partial charge in [-0.25, -0.2) is 4.98 Å². The number of aromatic amines is 1. The summed E-state index contributed by atoms with van der Waals surface area (Å²) in [4.78, 5) is 8.02. The first-order valence-electron chi connectivity index (χ1n) is 10.7. The van der Waals surface area contributed by atoms with Crippen molar-refractivity contribution in [3.05, 3.63) is 89.2 Å². The molecular weight excluding hydrogens is 386 g/mol. The fraction of sp³-hybridized carbons (Fsp3) is 0.269. The van der Waals surface area contributed by atoms with Crippen LogP contribution in [0.5, 0.6) is 11.5 Å². The molecule has 0 fully saturated rings. The second-order valence-corrected chi connectivity index (χ2v) is 7.68. The van der Waals surface area contributed by atoms with Crippen molar-refractivity contribution in [2.45, 2.75) is 32.9 Å². The highest BCUT2D eigenvalue weighted by atomic mass is 16.5. The van der Waals surface area contributed by atoms with Gasteiger partial charge in [0.1, 0.15) is 12.4 Å². The summed E-state index contributed by atoms with van der Waals surface area (Å²) in [6.07, 6.45) is 1.95. The molecule has 31 heavy (non-hydrogen) atoms. The Bertz CT molecular complexity index is 1100. The molecule has 160 valence electrons. The van der Waals surface area contributed by atoms with E-state index in [4.69, 9.17) is 9.47 Å². The monoisotopic (exact) mass is 415 g/mol. The average molecular weight is 416 g/mol. The van der Waals surface area contributed by atoms with Gasteiger partial charge in [-0.1, -0.05) is 42.5 Å². The van der Waals surface area contributed by atoms with Crippen molar-refractivity contribution in [1.82, 2.24) is 15.3 Å². The van der Waals surface area contributed by atoms with Crippen LogP contribution in [0.1, 0.15) is 28.9 Å². The molecule has 0 bridgehead atoms. The average Bonchev–Trinajstić information content (AvgIpc) is 3.21. The maximum absolute atomic E-state index is 6.01. The van der Waals surface area contributed by atoms with E-state index in [-0.39, 0.29) is 0 Å². The molecule has 0 spiro atoms. The Hall–Kier alpha value is -3.31. The lowest BCUT2D eigenvalue weighted by Gasteiger charge is -2.13. The Balaban J connectivity index is 1.25. The molecule has 1 aromatic heterocycles. The minimum absolute atomic E-state index is 0.530. The van der Waals surface area contributed by atoms with Gasteiger partial charge in [-0.15, -0.1) is 0 Å². The lowest BCUT2D eigenvalue weighted by atomic mass is 10.1. The second kappa shape index (κ2) is 10.1. The van der Waals surface area contributed by atoms with E-state index in [1.165, 1.54) is 16.7 Å². The van der Waals surface area contributed by atoms with Gasteiger partial charge >= 0.3 is 0 Å². The first kappa shape index (κ1) is 20.9. The number of hydrogen-bond donors (Lipinski definition) is 2. The van der Waals surface area contributed by atoms with Gasteiger partial charge in [0.2, 0.25) is 0 Å². The number of para-hydroxylation sites is 2. The number of hydrogen-bond acceptors (Lipinski definition) is 4. The Morgan fingerprint density at radius 1 is 0.968 bits per heavy atom. The van der Waals surface area contributed by atoms with Crippen LogP contribution in [-0.4, -0.2) is 23.6 Å². The van der Waals surface area contributed by atoms with Gasteiger partial charge in [-0.2, -0.15) is 0 Å². The first-order valence-corrected chi connectivity index (χ1v) is 10.7. The van der Waals surface area contributed by atoms with Crippen LogP contribution in [0, 0.1) is 6.92 Å². The summed E-state index contributed by atoms with van der Waals surface area (Å²) < 4.78 is 11.6. The van der Waals surface area contributed by atoms with E-state index in [0.717, 1.165) is 54.3 Å². The summed E-state index contributed by atoms with van der Waals surface area (Å²) in [5.41, 5.74) is 5.71. The van der Waals surface area contributed by atoms with Crippen LogP contribution >= 0.6 is 0 Å². The molecule has 4 aromatic rings. The lowest BCUT2D eigenvalue weighted by Crippen LogP contribution is -2.15. The van der Waals surface area contributed by atoms with Gasteiger partial charge in [0.25, 0.3) is 0 Å². The summed E-state index contributed by atoms with van der Waals surface area (Å²) in [5.74, 6) is 2.56. The number of ether oxygens (including phenoxy) is 2. The summed E-state index contributed by atoms with van der Waals surface area (Å²) in [5, 5.41) is 3.50. The minimum atomic E-state index is 0.530. The third-order valence-corrected chi connectivity index (χ3v) is 5.41. The zero-order valence-corrected chi connectivity index (χ0v) is 18.2. The van der Waals surface area contributed by atoms with Crippen molar-refractivity contribution in [3.63, 3.8) is 0 Å². The molecule has 0 radical (unpaired) electrons. The lowest BCUT2D eigenvalue weighted by molar-refractivity contribution is 0.283. The molecular formula is C26H29N3O2. The molecule has 3 aromatic carbocycles. The molecule has 5 heteroatoms. The van der Waals surface area contributed by atoms with Crippen LogP contribution in [-0.2, 0) is 19.6 Å². The molecule has 1 heterocycles. The molecule has 0 saturated heterocycles. The number of methoxy groups -OCH3 is 1. The Morgan fingerprint density at radius 2 is 1.81 bits per heavy atom. The predicted octanol–water partition coefficient (Wildman–Crippen LogP) is 5.18. The number of imidazole rings is 1. The fourth-order valence-electron chi connectivity index (χ4n) is 3.61. The van der Waals surface area contributed by atoms with Crippen LogP contribution in [0.3, 0.4) is 0 Å². The number of aryl methyl sites for hydroxylation is 2. The summed E-state index contributed by atoms with van der Waals surface area (Å²) in [6, 6.07) is 22.5. The topological polar surface area (TPSA) is 59.2 Å². The Morgan fingerprint density at radius 3 is 2.65 bits per heavy atom. The normalized spacial score (nSPS) is 11.0. The standard InChI is InChI=1S/C26H29N3O2/c1-19-8-3-4-9-21(19)18-31-24-14-13-20(16-25(24)30-2)17-27-15-7-12-26-28-22-10-5-6-11-23(22)29-26/h3-6,8-11,13-14,16,27H,7,12,15,17-18H2,1-2H3,(H,28,29). The van der Waals surface area contributed by atoms with Crippen molar-refractivity contribution in [3.8, 4) is 11.5 Å². The van der Waals surface area contributed by atoms with Crippen molar-refractivity contribution in [2.24, 2.45) is 0 Å². The smallest absolute Gasteiger partial charge is 0.161 e. The van der Waals surface area contributed by atoms with Gasteiger partial charge in [-0.05, 0) is 60.8 Å². The maximum Gasteiger partial charge on any atom is 0.161 e. The number of nitrogens with one attached hydrogen (secondary N) is 2. The molecule has 0 amide bonds. The van der Waals surface area contributed by atoms with E-state index >= 15 is 0 Å². The maximum atomic E-state index is 6.01. The van der Waals surface area contributed by atoms with Crippen molar-refractivity contribution >= 4 is 11.0 Å².